The third kappa shape index (κ3) is 9.17. The van der Waals surface area contributed by atoms with E-state index in [0.717, 1.165) is 5.56 Å². The molecule has 2 aromatic rings. The molecule has 0 aliphatic heterocycles. The lowest BCUT2D eigenvalue weighted by Gasteiger charge is -2.10. The van der Waals surface area contributed by atoms with E-state index in [-0.39, 0.29) is 17.4 Å². The number of hydrogen-bond donors (Lipinski definition) is 1. The van der Waals surface area contributed by atoms with Crippen LogP contribution in [-0.4, -0.2) is 11.6 Å². The SMILES string of the molecule is C=C(/C=C\C(C(=O)CCCCC(=O)CC)=C(/N)CCCc1cccc(F)c1)c1ccccc1C#N. The molecule has 0 atom stereocenters. The summed E-state index contributed by atoms with van der Waals surface area (Å²) in [5.41, 5.74) is 9.93. The summed E-state index contributed by atoms with van der Waals surface area (Å²) in [6.45, 7) is 5.89. The number of rotatable bonds is 14. The molecule has 2 rings (SSSR count). The average Bonchev–Trinajstić information content (AvgIpc) is 2.86. The first-order valence-electron chi connectivity index (χ1n) is 12.0. The summed E-state index contributed by atoms with van der Waals surface area (Å²) in [7, 11) is 0. The summed E-state index contributed by atoms with van der Waals surface area (Å²) in [6.07, 6.45) is 7.73. The van der Waals surface area contributed by atoms with Crippen molar-refractivity contribution in [2.75, 3.05) is 0 Å². The van der Waals surface area contributed by atoms with Gasteiger partial charge in [0.2, 0.25) is 0 Å². The molecule has 0 aliphatic rings. The van der Waals surface area contributed by atoms with E-state index in [0.29, 0.717) is 79.3 Å². The average molecular weight is 473 g/mol. The maximum atomic E-state index is 13.4. The minimum absolute atomic E-state index is 0.0881. The van der Waals surface area contributed by atoms with E-state index in [1.54, 1.807) is 30.4 Å². The molecule has 0 saturated heterocycles. The smallest absolute Gasteiger partial charge is 0.164 e. The Hall–Kier alpha value is -3.78. The molecule has 2 aromatic carbocycles. The Morgan fingerprint density at radius 2 is 1.77 bits per heavy atom. The molecule has 0 amide bonds. The summed E-state index contributed by atoms with van der Waals surface area (Å²) in [4.78, 5) is 24.6. The summed E-state index contributed by atoms with van der Waals surface area (Å²) in [5.74, 6) is -0.171. The Balaban J connectivity index is 2.15. The molecule has 0 spiro atoms. The summed E-state index contributed by atoms with van der Waals surface area (Å²) in [6, 6.07) is 15.7. The van der Waals surface area contributed by atoms with Crippen LogP contribution in [0.25, 0.3) is 5.57 Å². The molecule has 0 bridgehead atoms. The molecule has 0 heterocycles. The maximum Gasteiger partial charge on any atom is 0.164 e. The minimum atomic E-state index is -0.275. The van der Waals surface area contributed by atoms with E-state index in [1.807, 2.05) is 25.1 Å². The molecule has 0 aliphatic carbocycles. The van der Waals surface area contributed by atoms with Crippen molar-refractivity contribution in [3.63, 3.8) is 0 Å². The highest BCUT2D eigenvalue weighted by atomic mass is 19.1. The Bertz CT molecular complexity index is 1150. The van der Waals surface area contributed by atoms with E-state index in [9.17, 15) is 19.2 Å². The van der Waals surface area contributed by atoms with Crippen molar-refractivity contribution in [1.82, 2.24) is 0 Å². The largest absolute Gasteiger partial charge is 0.401 e. The molecule has 0 fully saturated rings. The van der Waals surface area contributed by atoms with Gasteiger partial charge in [-0.25, -0.2) is 4.39 Å². The number of Topliss-reactive ketones (excluding diaryl/α,β-unsaturated/α-hetero) is 2. The van der Waals surface area contributed by atoms with Crippen LogP contribution in [0.4, 0.5) is 4.39 Å². The highest BCUT2D eigenvalue weighted by molar-refractivity contribution is 5.99. The van der Waals surface area contributed by atoms with Gasteiger partial charge in [0.25, 0.3) is 0 Å². The zero-order chi connectivity index (χ0) is 25.6. The highest BCUT2D eigenvalue weighted by Gasteiger charge is 2.13. The van der Waals surface area contributed by atoms with Crippen molar-refractivity contribution in [3.8, 4) is 6.07 Å². The molecule has 4 nitrogen and oxygen atoms in total. The number of aryl methyl sites for hydroxylation is 1. The summed E-state index contributed by atoms with van der Waals surface area (Å²) < 4.78 is 13.4. The van der Waals surface area contributed by atoms with Gasteiger partial charge in [0.15, 0.2) is 5.78 Å². The van der Waals surface area contributed by atoms with Crippen LogP contribution in [0, 0.1) is 17.1 Å². The number of carbonyl (C=O) groups is 2. The number of nitrogens with two attached hydrogens (primary N) is 1. The number of unbranched alkanes of at least 4 members (excludes halogenated alkanes) is 1. The van der Waals surface area contributed by atoms with Crippen molar-refractivity contribution in [1.29, 1.82) is 5.26 Å². The first kappa shape index (κ1) is 27.5. The first-order chi connectivity index (χ1) is 16.8. The molecule has 0 radical (unpaired) electrons. The quantitative estimate of drug-likeness (QED) is 0.190. The third-order valence-electron chi connectivity index (χ3n) is 5.80. The fourth-order valence-electron chi connectivity index (χ4n) is 3.74. The molecule has 182 valence electrons. The van der Waals surface area contributed by atoms with Crippen LogP contribution in [0.2, 0.25) is 0 Å². The zero-order valence-electron chi connectivity index (χ0n) is 20.4. The van der Waals surface area contributed by atoms with Crippen LogP contribution in [0.3, 0.4) is 0 Å². The molecule has 5 heteroatoms. The monoisotopic (exact) mass is 472 g/mol. The third-order valence-corrected chi connectivity index (χ3v) is 5.80. The van der Waals surface area contributed by atoms with Crippen LogP contribution < -0.4 is 5.73 Å². The van der Waals surface area contributed by atoms with Gasteiger partial charge in [-0.15, -0.1) is 0 Å². The normalized spacial score (nSPS) is 11.7. The van der Waals surface area contributed by atoms with Crippen LogP contribution in [0.15, 0.2) is 78.5 Å². The van der Waals surface area contributed by atoms with Crippen molar-refractivity contribution in [3.05, 3.63) is 101 Å². The van der Waals surface area contributed by atoms with Gasteiger partial charge in [0.1, 0.15) is 11.6 Å². The Kier molecular flexibility index (Phi) is 11.4. The van der Waals surface area contributed by atoms with Crippen LogP contribution in [0.5, 0.6) is 0 Å². The number of benzene rings is 2. The number of allylic oxidation sites excluding steroid dienone is 5. The Morgan fingerprint density at radius 1 is 1.03 bits per heavy atom. The predicted octanol–water partition coefficient (Wildman–Crippen LogP) is 6.61. The zero-order valence-corrected chi connectivity index (χ0v) is 20.4. The number of carbonyl (C=O) groups excluding carboxylic acids is 2. The van der Waals surface area contributed by atoms with Crippen molar-refractivity contribution in [2.24, 2.45) is 5.73 Å². The predicted molar refractivity (Wildman–Crippen MR) is 139 cm³/mol. The number of halogens is 1. The number of nitriles is 1. The second-order valence-corrected chi connectivity index (χ2v) is 8.46. The molecule has 0 unspecified atom stereocenters. The molecular weight excluding hydrogens is 439 g/mol. The lowest BCUT2D eigenvalue weighted by molar-refractivity contribution is -0.119. The van der Waals surface area contributed by atoms with Crippen LogP contribution in [0.1, 0.15) is 68.6 Å². The Morgan fingerprint density at radius 3 is 2.49 bits per heavy atom. The van der Waals surface area contributed by atoms with Gasteiger partial charge in [-0.1, -0.05) is 49.9 Å². The van der Waals surface area contributed by atoms with Gasteiger partial charge in [-0.2, -0.15) is 5.26 Å². The van der Waals surface area contributed by atoms with Crippen LogP contribution in [-0.2, 0) is 16.0 Å². The molecular formula is C30H33FN2O2. The van der Waals surface area contributed by atoms with Gasteiger partial charge < -0.3 is 5.73 Å². The van der Waals surface area contributed by atoms with E-state index in [4.69, 9.17) is 5.73 Å². The van der Waals surface area contributed by atoms with Crippen molar-refractivity contribution in [2.45, 2.75) is 58.3 Å². The molecule has 0 aromatic heterocycles. The van der Waals surface area contributed by atoms with Crippen LogP contribution >= 0.6 is 0 Å². The minimum Gasteiger partial charge on any atom is -0.401 e. The molecule has 2 N–H and O–H groups in total. The second-order valence-electron chi connectivity index (χ2n) is 8.46. The standard InChI is InChI=1S/C30H33FN2O2/c1-3-26(34)14-5-7-17-30(35)28(19-18-22(2)27-15-6-4-12-24(27)21-32)29(33)16-9-11-23-10-8-13-25(31)20-23/h4,6,8,10,12-13,15,18-20H,2-3,5,7,9,11,14,16-17,33H2,1H3/b19-18-,29-28+. The van der Waals surface area contributed by atoms with Gasteiger partial charge in [0.05, 0.1) is 11.6 Å². The highest BCUT2D eigenvalue weighted by Crippen LogP contribution is 2.21. The van der Waals surface area contributed by atoms with Gasteiger partial charge in [-0.05, 0) is 73.1 Å². The summed E-state index contributed by atoms with van der Waals surface area (Å²) in [5, 5.41) is 9.36. The summed E-state index contributed by atoms with van der Waals surface area (Å²) >= 11 is 0. The van der Waals surface area contributed by atoms with Gasteiger partial charge in [-0.3, -0.25) is 9.59 Å². The fourth-order valence-corrected chi connectivity index (χ4v) is 3.74. The number of ketones is 2. The number of hydrogen-bond acceptors (Lipinski definition) is 4. The molecule has 0 saturated carbocycles. The second kappa shape index (κ2) is 14.5. The lowest BCUT2D eigenvalue weighted by atomic mass is 9.96. The molecule has 35 heavy (non-hydrogen) atoms. The van der Waals surface area contributed by atoms with Gasteiger partial charge >= 0.3 is 0 Å². The number of nitrogens with zero attached hydrogens (tertiary/aromatic N) is 1. The van der Waals surface area contributed by atoms with E-state index < -0.39 is 0 Å². The fraction of sp³-hybridized carbons (Fsp3) is 0.300. The first-order valence-corrected chi connectivity index (χ1v) is 12.0. The maximum absolute atomic E-state index is 13.4. The van der Waals surface area contributed by atoms with E-state index >= 15 is 0 Å². The lowest BCUT2D eigenvalue weighted by Crippen LogP contribution is -2.11. The van der Waals surface area contributed by atoms with Crippen molar-refractivity contribution >= 4 is 17.1 Å². The topological polar surface area (TPSA) is 83.9 Å². The van der Waals surface area contributed by atoms with E-state index in [1.165, 1.54) is 12.1 Å². The van der Waals surface area contributed by atoms with E-state index in [2.05, 4.69) is 12.6 Å². The van der Waals surface area contributed by atoms with Crippen molar-refractivity contribution < 1.29 is 14.0 Å². The Labute approximate surface area is 207 Å². The van der Waals surface area contributed by atoms with Gasteiger partial charge in [0, 0.05) is 30.5 Å².